The fourth-order valence-electron chi connectivity index (χ4n) is 2.89. The number of methoxy groups -OCH3 is 1. The van der Waals surface area contributed by atoms with Gasteiger partial charge in [-0.1, -0.05) is 12.1 Å². The summed E-state index contributed by atoms with van der Waals surface area (Å²) in [6, 6.07) is 6.20. The van der Waals surface area contributed by atoms with Gasteiger partial charge in [0.2, 0.25) is 0 Å². The molecule has 7 nitrogen and oxygen atoms in total. The monoisotopic (exact) mass is 383 g/mol. The van der Waals surface area contributed by atoms with Gasteiger partial charge in [-0.15, -0.1) is 0 Å². The zero-order valence-electron chi connectivity index (χ0n) is 14.8. The van der Waals surface area contributed by atoms with E-state index in [1.807, 2.05) is 0 Å². The number of halogens is 3. The van der Waals surface area contributed by atoms with Crippen LogP contribution >= 0.6 is 0 Å². The Morgan fingerprint density at radius 2 is 1.78 bits per heavy atom. The van der Waals surface area contributed by atoms with Gasteiger partial charge < -0.3 is 19.9 Å². The number of piperazine rings is 1. The predicted molar refractivity (Wildman–Crippen MR) is 93.6 cm³/mol. The lowest BCUT2D eigenvalue weighted by Gasteiger charge is -2.36. The predicted octanol–water partition coefficient (Wildman–Crippen LogP) is 2.13. The van der Waals surface area contributed by atoms with Crippen LogP contribution in [0.4, 0.5) is 23.8 Å². The first-order valence-electron chi connectivity index (χ1n) is 8.51. The number of carbonyl (C=O) groups is 1. The number of urea groups is 1. The summed E-state index contributed by atoms with van der Waals surface area (Å²) in [7, 11) is 1.54. The van der Waals surface area contributed by atoms with E-state index in [0.29, 0.717) is 31.8 Å². The van der Waals surface area contributed by atoms with Crippen molar-refractivity contribution < 1.29 is 22.7 Å². The molecule has 3 rings (SSSR count). The Bertz CT molecular complexity index is 807. The van der Waals surface area contributed by atoms with Crippen LogP contribution in [0.15, 0.2) is 24.3 Å². The van der Waals surface area contributed by atoms with E-state index in [2.05, 4.69) is 15.3 Å². The van der Waals surface area contributed by atoms with Gasteiger partial charge in [0, 0.05) is 39.8 Å². The van der Waals surface area contributed by atoms with Crippen LogP contribution in [0.5, 0.6) is 0 Å². The Labute approximate surface area is 154 Å². The molecule has 2 amide bonds. The minimum Gasteiger partial charge on any atom is -0.383 e. The second kappa shape index (κ2) is 7.95. The molecule has 0 bridgehead atoms. The smallest absolute Gasteiger partial charge is 0.383 e. The van der Waals surface area contributed by atoms with Crippen molar-refractivity contribution >= 4 is 22.9 Å². The summed E-state index contributed by atoms with van der Waals surface area (Å²) in [5.41, 5.74) is -0.399. The summed E-state index contributed by atoms with van der Waals surface area (Å²) >= 11 is 0. The van der Waals surface area contributed by atoms with E-state index in [-0.39, 0.29) is 30.5 Å². The number of ether oxygens (including phenoxy) is 1. The van der Waals surface area contributed by atoms with Crippen LogP contribution < -0.4 is 10.2 Å². The average molecular weight is 383 g/mol. The highest BCUT2D eigenvalue weighted by atomic mass is 19.4. The largest absolute Gasteiger partial charge is 0.437 e. The Balaban J connectivity index is 1.77. The maximum absolute atomic E-state index is 13.5. The number of hydrogen-bond acceptors (Lipinski definition) is 5. The molecule has 0 atom stereocenters. The molecule has 1 aromatic heterocycles. The highest BCUT2D eigenvalue weighted by Gasteiger charge is 2.39. The summed E-state index contributed by atoms with van der Waals surface area (Å²) in [6.07, 6.45) is -4.61. The van der Waals surface area contributed by atoms with Crippen LogP contribution in [0.3, 0.4) is 0 Å². The molecule has 0 radical (unpaired) electrons. The highest BCUT2D eigenvalue weighted by Crippen LogP contribution is 2.35. The molecule has 1 N–H and O–H groups in total. The number of nitrogens with one attached hydrogen (secondary N) is 1. The van der Waals surface area contributed by atoms with Crippen molar-refractivity contribution in [1.29, 1.82) is 0 Å². The second-order valence-electron chi connectivity index (χ2n) is 6.08. The van der Waals surface area contributed by atoms with Crippen molar-refractivity contribution in [2.45, 2.75) is 6.18 Å². The van der Waals surface area contributed by atoms with Crippen LogP contribution in [0.1, 0.15) is 5.69 Å². The third kappa shape index (κ3) is 4.38. The first kappa shape index (κ1) is 19.2. The number of aromatic nitrogens is 2. The molecule has 27 heavy (non-hydrogen) atoms. The molecule has 2 heterocycles. The molecular formula is C17H20F3N5O2. The molecule has 10 heteroatoms. The van der Waals surface area contributed by atoms with Gasteiger partial charge in [0.1, 0.15) is 0 Å². The number of carbonyl (C=O) groups excluding carboxylic acids is 1. The Hall–Kier alpha value is -2.62. The maximum Gasteiger partial charge on any atom is 0.437 e. The lowest BCUT2D eigenvalue weighted by atomic mass is 10.2. The van der Waals surface area contributed by atoms with E-state index in [1.165, 1.54) is 18.1 Å². The molecule has 1 aromatic carbocycles. The van der Waals surface area contributed by atoms with Crippen LogP contribution in [0, 0.1) is 0 Å². The molecule has 0 saturated carbocycles. The lowest BCUT2D eigenvalue weighted by Crippen LogP contribution is -2.52. The Kier molecular flexibility index (Phi) is 5.64. The molecule has 1 fully saturated rings. The molecule has 0 unspecified atom stereocenters. The van der Waals surface area contributed by atoms with Crippen molar-refractivity contribution in [2.75, 3.05) is 51.3 Å². The van der Waals surface area contributed by atoms with E-state index >= 15 is 0 Å². The third-order valence-electron chi connectivity index (χ3n) is 4.27. The SMILES string of the molecule is COCCNC(=O)N1CCN(c2nc3ccccc3nc2C(F)(F)F)CC1. The fraction of sp³-hybridized carbons (Fsp3) is 0.471. The number of benzene rings is 1. The van der Waals surface area contributed by atoms with Gasteiger partial charge >= 0.3 is 12.2 Å². The summed E-state index contributed by atoms with van der Waals surface area (Å²) < 4.78 is 45.4. The number of nitrogens with zero attached hydrogens (tertiary/aromatic N) is 4. The topological polar surface area (TPSA) is 70.6 Å². The Morgan fingerprint density at radius 3 is 2.37 bits per heavy atom. The van der Waals surface area contributed by atoms with Crippen molar-refractivity contribution in [3.8, 4) is 0 Å². The van der Waals surface area contributed by atoms with E-state index in [9.17, 15) is 18.0 Å². The third-order valence-corrected chi connectivity index (χ3v) is 4.27. The molecule has 146 valence electrons. The van der Waals surface area contributed by atoms with Gasteiger partial charge in [-0.25, -0.2) is 14.8 Å². The number of hydrogen-bond donors (Lipinski definition) is 1. The van der Waals surface area contributed by atoms with Crippen molar-refractivity contribution in [3.05, 3.63) is 30.0 Å². The number of amides is 2. The quantitative estimate of drug-likeness (QED) is 0.819. The minimum absolute atomic E-state index is 0.194. The van der Waals surface area contributed by atoms with E-state index in [0.717, 1.165) is 0 Å². The van der Waals surface area contributed by atoms with Crippen LogP contribution in [0.25, 0.3) is 11.0 Å². The zero-order valence-corrected chi connectivity index (χ0v) is 14.8. The summed E-state index contributed by atoms with van der Waals surface area (Å²) in [4.78, 5) is 23.1. The zero-order chi connectivity index (χ0) is 19.4. The number of anilines is 1. The normalized spacial score (nSPS) is 15.3. The standard InChI is InChI=1S/C17H20F3N5O2/c1-27-11-6-21-16(26)25-9-7-24(8-10-25)15-14(17(18,19)20)22-12-4-2-3-5-13(12)23-15/h2-5H,6-11H2,1H3,(H,21,26). The van der Waals surface area contributed by atoms with Gasteiger partial charge in [0.05, 0.1) is 17.6 Å². The molecule has 0 spiro atoms. The van der Waals surface area contributed by atoms with Gasteiger partial charge in [0.15, 0.2) is 11.5 Å². The van der Waals surface area contributed by atoms with Crippen molar-refractivity contribution in [2.24, 2.45) is 0 Å². The molecule has 0 aliphatic carbocycles. The van der Waals surface area contributed by atoms with E-state index < -0.39 is 11.9 Å². The van der Waals surface area contributed by atoms with Crippen LogP contribution in [-0.2, 0) is 10.9 Å². The summed E-state index contributed by atoms with van der Waals surface area (Å²) in [5, 5.41) is 2.70. The van der Waals surface area contributed by atoms with Crippen molar-refractivity contribution in [3.63, 3.8) is 0 Å². The maximum atomic E-state index is 13.5. The number of alkyl halides is 3. The van der Waals surface area contributed by atoms with Gasteiger partial charge in [-0.3, -0.25) is 0 Å². The fourth-order valence-corrected chi connectivity index (χ4v) is 2.89. The number of para-hydroxylation sites is 2. The second-order valence-corrected chi connectivity index (χ2v) is 6.08. The first-order chi connectivity index (χ1) is 12.9. The first-order valence-corrected chi connectivity index (χ1v) is 8.51. The molecular weight excluding hydrogens is 363 g/mol. The molecule has 1 aliphatic rings. The summed E-state index contributed by atoms with van der Waals surface area (Å²) in [5.74, 6) is -0.194. The van der Waals surface area contributed by atoms with Crippen LogP contribution in [0.2, 0.25) is 0 Å². The minimum atomic E-state index is -4.61. The summed E-state index contributed by atoms with van der Waals surface area (Å²) in [6.45, 7) is 1.86. The highest BCUT2D eigenvalue weighted by molar-refractivity contribution is 5.77. The van der Waals surface area contributed by atoms with Crippen molar-refractivity contribution in [1.82, 2.24) is 20.2 Å². The molecule has 2 aromatic rings. The van der Waals surface area contributed by atoms with E-state index in [4.69, 9.17) is 4.74 Å². The Morgan fingerprint density at radius 1 is 1.15 bits per heavy atom. The number of fused-ring (bicyclic) bond motifs is 1. The average Bonchev–Trinajstić information content (AvgIpc) is 2.66. The lowest BCUT2D eigenvalue weighted by molar-refractivity contribution is -0.140. The van der Waals surface area contributed by atoms with Crippen LogP contribution in [-0.4, -0.2) is 67.3 Å². The molecule has 1 aliphatic heterocycles. The van der Waals surface area contributed by atoms with Gasteiger partial charge in [-0.05, 0) is 12.1 Å². The van der Waals surface area contributed by atoms with E-state index in [1.54, 1.807) is 23.1 Å². The molecule has 1 saturated heterocycles. The van der Waals surface area contributed by atoms with Gasteiger partial charge in [0.25, 0.3) is 0 Å². The van der Waals surface area contributed by atoms with Gasteiger partial charge in [-0.2, -0.15) is 13.2 Å². The number of rotatable bonds is 4.